The third-order valence-corrected chi connectivity index (χ3v) is 1.77. The zero-order chi connectivity index (χ0) is 7.56. The Morgan fingerprint density at radius 1 is 1.60 bits per heavy atom. The molecule has 10 heavy (non-hydrogen) atoms. The fourth-order valence-electron chi connectivity index (χ4n) is 1.12. The number of aromatic nitrogens is 1. The van der Waals surface area contributed by atoms with Crippen molar-refractivity contribution in [3.05, 3.63) is 23.5 Å². The molecule has 0 fully saturated rings. The van der Waals surface area contributed by atoms with Gasteiger partial charge in [0, 0.05) is 25.5 Å². The molecule has 1 N–H and O–H groups in total. The largest absolute Gasteiger partial charge is 0.353 e. The number of rotatable bonds is 2. The van der Waals surface area contributed by atoms with Gasteiger partial charge in [-0.2, -0.15) is 0 Å². The first-order valence-corrected chi connectivity index (χ1v) is 3.51. The fraction of sp³-hybridized carbons (Fsp3) is 0.500. The lowest BCUT2D eigenvalue weighted by atomic mass is 10.3. The van der Waals surface area contributed by atoms with Gasteiger partial charge in [-0.1, -0.05) is 0 Å². The molecule has 0 unspecified atom stereocenters. The van der Waals surface area contributed by atoms with Crippen LogP contribution in [0.4, 0.5) is 0 Å². The molecule has 0 saturated carbocycles. The van der Waals surface area contributed by atoms with Crippen LogP contribution in [0.1, 0.15) is 11.3 Å². The molecule has 56 valence electrons. The van der Waals surface area contributed by atoms with Crippen molar-refractivity contribution in [2.24, 2.45) is 7.05 Å². The van der Waals surface area contributed by atoms with E-state index >= 15 is 0 Å². The lowest BCUT2D eigenvalue weighted by Crippen LogP contribution is -2.09. The molecule has 0 amide bonds. The summed E-state index contributed by atoms with van der Waals surface area (Å²) in [6, 6.07) is 2.13. The van der Waals surface area contributed by atoms with Crippen LogP contribution in [0.5, 0.6) is 0 Å². The molecule has 0 aliphatic carbocycles. The van der Waals surface area contributed by atoms with Crippen molar-refractivity contribution in [3.8, 4) is 0 Å². The molecule has 0 bridgehead atoms. The van der Waals surface area contributed by atoms with Crippen molar-refractivity contribution >= 4 is 0 Å². The Labute approximate surface area is 61.9 Å². The highest BCUT2D eigenvalue weighted by molar-refractivity contribution is 5.19. The standard InChI is InChI=1S/C8H14N2/c1-7-4-5-10(3)8(7)6-9-2/h4-5,9H,6H2,1-3H3. The molecule has 0 aliphatic heterocycles. The normalized spacial score (nSPS) is 10.3. The number of hydrogen-bond acceptors (Lipinski definition) is 1. The SMILES string of the molecule is CNCc1c(C)ccn1C. The van der Waals surface area contributed by atoms with E-state index in [0.717, 1.165) is 6.54 Å². The number of hydrogen-bond donors (Lipinski definition) is 1. The molecule has 2 heteroatoms. The van der Waals surface area contributed by atoms with Gasteiger partial charge in [-0.3, -0.25) is 0 Å². The summed E-state index contributed by atoms with van der Waals surface area (Å²) in [5.41, 5.74) is 2.72. The van der Waals surface area contributed by atoms with Gasteiger partial charge in [-0.25, -0.2) is 0 Å². The van der Waals surface area contributed by atoms with E-state index < -0.39 is 0 Å². The van der Waals surface area contributed by atoms with E-state index in [1.54, 1.807) is 0 Å². The van der Waals surface area contributed by atoms with Gasteiger partial charge in [-0.05, 0) is 25.6 Å². The van der Waals surface area contributed by atoms with Crippen molar-refractivity contribution in [2.45, 2.75) is 13.5 Å². The molecule has 1 heterocycles. The molecule has 0 aromatic carbocycles. The van der Waals surface area contributed by atoms with E-state index in [1.807, 2.05) is 7.05 Å². The highest BCUT2D eigenvalue weighted by atomic mass is 15.0. The van der Waals surface area contributed by atoms with Gasteiger partial charge in [0.15, 0.2) is 0 Å². The molecule has 1 rings (SSSR count). The summed E-state index contributed by atoms with van der Waals surface area (Å²) in [4.78, 5) is 0. The molecular formula is C8H14N2. The molecule has 2 nitrogen and oxygen atoms in total. The zero-order valence-electron chi connectivity index (χ0n) is 6.81. The van der Waals surface area contributed by atoms with Crippen LogP contribution in [0.25, 0.3) is 0 Å². The van der Waals surface area contributed by atoms with Crippen LogP contribution in [0.3, 0.4) is 0 Å². The third-order valence-electron chi connectivity index (χ3n) is 1.77. The molecule has 0 saturated heterocycles. The predicted molar refractivity (Wildman–Crippen MR) is 42.9 cm³/mol. The fourth-order valence-corrected chi connectivity index (χ4v) is 1.12. The molecule has 0 aliphatic rings. The first-order chi connectivity index (χ1) is 4.75. The van der Waals surface area contributed by atoms with E-state index in [9.17, 15) is 0 Å². The Kier molecular flexibility index (Phi) is 2.12. The number of aryl methyl sites for hydroxylation is 2. The lowest BCUT2D eigenvalue weighted by Gasteiger charge is -2.02. The number of nitrogens with one attached hydrogen (secondary N) is 1. The van der Waals surface area contributed by atoms with E-state index in [-0.39, 0.29) is 0 Å². The molecule has 1 aromatic rings. The Bertz CT molecular complexity index is 194. The molecule has 0 spiro atoms. The molecule has 1 aromatic heterocycles. The Hall–Kier alpha value is -0.760. The van der Waals surface area contributed by atoms with Crippen molar-refractivity contribution in [1.29, 1.82) is 0 Å². The van der Waals surface area contributed by atoms with Crippen LogP contribution < -0.4 is 5.32 Å². The van der Waals surface area contributed by atoms with Crippen molar-refractivity contribution in [3.63, 3.8) is 0 Å². The van der Waals surface area contributed by atoms with Gasteiger partial charge >= 0.3 is 0 Å². The van der Waals surface area contributed by atoms with Crippen molar-refractivity contribution < 1.29 is 0 Å². The average Bonchev–Trinajstić information content (AvgIpc) is 2.20. The second kappa shape index (κ2) is 2.88. The van der Waals surface area contributed by atoms with Gasteiger partial charge < -0.3 is 9.88 Å². The van der Waals surface area contributed by atoms with E-state index in [0.29, 0.717) is 0 Å². The maximum Gasteiger partial charge on any atom is 0.0359 e. The summed E-state index contributed by atoms with van der Waals surface area (Å²) in [6.45, 7) is 3.09. The summed E-state index contributed by atoms with van der Waals surface area (Å²) in [6.07, 6.45) is 2.09. The minimum atomic E-state index is 0.954. The second-order valence-electron chi connectivity index (χ2n) is 2.59. The van der Waals surface area contributed by atoms with Crippen molar-refractivity contribution in [2.75, 3.05) is 7.05 Å². The topological polar surface area (TPSA) is 17.0 Å². The summed E-state index contributed by atoms with van der Waals surface area (Å²) in [7, 11) is 4.03. The predicted octanol–water partition coefficient (Wildman–Crippen LogP) is 1.05. The average molecular weight is 138 g/mol. The minimum Gasteiger partial charge on any atom is -0.353 e. The summed E-state index contributed by atoms with van der Waals surface area (Å²) >= 11 is 0. The van der Waals surface area contributed by atoms with Crippen LogP contribution in [0.15, 0.2) is 12.3 Å². The lowest BCUT2D eigenvalue weighted by molar-refractivity contribution is 0.729. The van der Waals surface area contributed by atoms with Crippen LogP contribution in [0.2, 0.25) is 0 Å². The quantitative estimate of drug-likeness (QED) is 0.646. The molecule has 0 radical (unpaired) electrons. The summed E-state index contributed by atoms with van der Waals surface area (Å²) < 4.78 is 2.14. The zero-order valence-corrected chi connectivity index (χ0v) is 6.81. The maximum atomic E-state index is 3.13. The number of nitrogens with zero attached hydrogens (tertiary/aromatic N) is 1. The van der Waals surface area contributed by atoms with Crippen LogP contribution >= 0.6 is 0 Å². The molecular weight excluding hydrogens is 124 g/mol. The van der Waals surface area contributed by atoms with E-state index in [1.165, 1.54) is 11.3 Å². The Balaban J connectivity index is 2.87. The first-order valence-electron chi connectivity index (χ1n) is 3.51. The summed E-state index contributed by atoms with van der Waals surface area (Å²) in [5, 5.41) is 3.13. The monoisotopic (exact) mass is 138 g/mol. The summed E-state index contributed by atoms with van der Waals surface area (Å²) in [5.74, 6) is 0. The Morgan fingerprint density at radius 3 is 2.70 bits per heavy atom. The third kappa shape index (κ3) is 1.21. The smallest absolute Gasteiger partial charge is 0.0359 e. The highest BCUT2D eigenvalue weighted by Crippen LogP contribution is 2.06. The Morgan fingerprint density at radius 2 is 2.30 bits per heavy atom. The van der Waals surface area contributed by atoms with Gasteiger partial charge in [0.1, 0.15) is 0 Å². The van der Waals surface area contributed by atoms with Gasteiger partial charge in [-0.15, -0.1) is 0 Å². The maximum absolute atomic E-state index is 3.13. The van der Waals surface area contributed by atoms with Crippen LogP contribution in [-0.4, -0.2) is 11.6 Å². The minimum absolute atomic E-state index is 0.954. The highest BCUT2D eigenvalue weighted by Gasteiger charge is 1.99. The van der Waals surface area contributed by atoms with Gasteiger partial charge in [0.05, 0.1) is 0 Å². The van der Waals surface area contributed by atoms with Crippen LogP contribution in [0, 0.1) is 6.92 Å². The van der Waals surface area contributed by atoms with Crippen molar-refractivity contribution in [1.82, 2.24) is 9.88 Å². The van der Waals surface area contributed by atoms with Gasteiger partial charge in [0.2, 0.25) is 0 Å². The van der Waals surface area contributed by atoms with E-state index in [4.69, 9.17) is 0 Å². The van der Waals surface area contributed by atoms with Gasteiger partial charge in [0.25, 0.3) is 0 Å². The first kappa shape index (κ1) is 7.35. The van der Waals surface area contributed by atoms with Crippen LogP contribution in [-0.2, 0) is 13.6 Å². The molecule has 0 atom stereocenters. The second-order valence-corrected chi connectivity index (χ2v) is 2.59. The van der Waals surface area contributed by atoms with E-state index in [2.05, 4.69) is 36.1 Å².